The lowest BCUT2D eigenvalue weighted by Gasteiger charge is -2.14. The molecule has 1 atom stereocenters. The number of aryl methyl sites for hydroxylation is 1. The standard InChI is InChI=1S/C13H21NO3S2/c1-4-11-5-6-13(7-12(11)8-15)19(16,17)14-10(2)9-18-3/h5-7,10,14-15H,4,8-9H2,1-3H3. The summed E-state index contributed by atoms with van der Waals surface area (Å²) in [4.78, 5) is 0.210. The Balaban J connectivity index is 3.01. The first-order valence-electron chi connectivity index (χ1n) is 6.18. The summed E-state index contributed by atoms with van der Waals surface area (Å²) in [5.41, 5.74) is 1.64. The van der Waals surface area contributed by atoms with Crippen LogP contribution in [0.15, 0.2) is 23.1 Å². The average molecular weight is 303 g/mol. The maximum Gasteiger partial charge on any atom is 0.240 e. The van der Waals surface area contributed by atoms with Crippen molar-refractivity contribution >= 4 is 21.8 Å². The van der Waals surface area contributed by atoms with Gasteiger partial charge in [-0.25, -0.2) is 13.1 Å². The van der Waals surface area contributed by atoms with Crippen molar-refractivity contribution in [3.8, 4) is 0 Å². The molecule has 0 aliphatic heterocycles. The van der Waals surface area contributed by atoms with Crippen LogP contribution in [0.2, 0.25) is 0 Å². The van der Waals surface area contributed by atoms with Gasteiger partial charge >= 0.3 is 0 Å². The van der Waals surface area contributed by atoms with E-state index >= 15 is 0 Å². The van der Waals surface area contributed by atoms with Gasteiger partial charge in [-0.05, 0) is 42.9 Å². The van der Waals surface area contributed by atoms with Gasteiger partial charge in [0.2, 0.25) is 10.0 Å². The molecule has 0 saturated carbocycles. The van der Waals surface area contributed by atoms with Gasteiger partial charge in [0.05, 0.1) is 11.5 Å². The fraction of sp³-hybridized carbons (Fsp3) is 0.538. The minimum atomic E-state index is -3.51. The molecule has 0 aromatic heterocycles. The van der Waals surface area contributed by atoms with Crippen LogP contribution in [-0.4, -0.2) is 31.6 Å². The van der Waals surface area contributed by atoms with Crippen molar-refractivity contribution in [2.24, 2.45) is 0 Å². The van der Waals surface area contributed by atoms with E-state index in [1.807, 2.05) is 20.1 Å². The maximum absolute atomic E-state index is 12.2. The topological polar surface area (TPSA) is 66.4 Å². The Morgan fingerprint density at radius 2 is 2.05 bits per heavy atom. The number of aliphatic hydroxyl groups excluding tert-OH is 1. The summed E-state index contributed by atoms with van der Waals surface area (Å²) in [6, 6.07) is 4.78. The number of aliphatic hydroxyl groups is 1. The highest BCUT2D eigenvalue weighted by molar-refractivity contribution is 7.98. The van der Waals surface area contributed by atoms with E-state index in [4.69, 9.17) is 0 Å². The fourth-order valence-electron chi connectivity index (χ4n) is 1.88. The van der Waals surface area contributed by atoms with Crippen molar-refractivity contribution in [1.29, 1.82) is 0 Å². The van der Waals surface area contributed by atoms with E-state index in [2.05, 4.69) is 4.72 Å². The Hall–Kier alpha value is -0.560. The van der Waals surface area contributed by atoms with Crippen LogP contribution in [0.3, 0.4) is 0 Å². The lowest BCUT2D eigenvalue weighted by molar-refractivity contribution is 0.280. The van der Waals surface area contributed by atoms with Crippen LogP contribution in [0.4, 0.5) is 0 Å². The van der Waals surface area contributed by atoms with Crippen molar-refractivity contribution in [1.82, 2.24) is 4.72 Å². The highest BCUT2D eigenvalue weighted by Gasteiger charge is 2.18. The van der Waals surface area contributed by atoms with Crippen molar-refractivity contribution in [2.75, 3.05) is 12.0 Å². The van der Waals surface area contributed by atoms with E-state index in [0.717, 1.165) is 17.7 Å². The first-order chi connectivity index (χ1) is 8.94. The van der Waals surface area contributed by atoms with E-state index < -0.39 is 10.0 Å². The SMILES string of the molecule is CCc1ccc(S(=O)(=O)NC(C)CSC)cc1CO. The quantitative estimate of drug-likeness (QED) is 0.805. The molecule has 1 rings (SSSR count). The van der Waals surface area contributed by atoms with Crippen molar-refractivity contribution < 1.29 is 13.5 Å². The minimum Gasteiger partial charge on any atom is -0.392 e. The molecule has 6 heteroatoms. The molecule has 1 aromatic rings. The molecule has 0 heterocycles. The number of sulfonamides is 1. The largest absolute Gasteiger partial charge is 0.392 e. The number of hydrogen-bond donors (Lipinski definition) is 2. The third-order valence-electron chi connectivity index (χ3n) is 2.81. The van der Waals surface area contributed by atoms with E-state index in [0.29, 0.717) is 5.56 Å². The molecule has 108 valence electrons. The molecule has 0 bridgehead atoms. The number of rotatable bonds is 7. The molecule has 0 aliphatic carbocycles. The number of nitrogens with one attached hydrogen (secondary N) is 1. The summed E-state index contributed by atoms with van der Waals surface area (Å²) in [7, 11) is -3.51. The predicted molar refractivity (Wildman–Crippen MR) is 79.9 cm³/mol. The molecule has 4 nitrogen and oxygen atoms in total. The molecule has 0 saturated heterocycles. The minimum absolute atomic E-state index is 0.122. The van der Waals surface area contributed by atoms with Gasteiger partial charge in [-0.2, -0.15) is 11.8 Å². The zero-order chi connectivity index (χ0) is 14.5. The van der Waals surface area contributed by atoms with E-state index in [9.17, 15) is 13.5 Å². The van der Waals surface area contributed by atoms with Gasteiger partial charge in [0.1, 0.15) is 0 Å². The highest BCUT2D eigenvalue weighted by Crippen LogP contribution is 2.17. The van der Waals surface area contributed by atoms with E-state index in [1.54, 1.807) is 30.0 Å². The lowest BCUT2D eigenvalue weighted by atomic mass is 10.1. The third-order valence-corrected chi connectivity index (χ3v) is 5.23. The van der Waals surface area contributed by atoms with Crippen LogP contribution in [0, 0.1) is 0 Å². The summed E-state index contributed by atoms with van der Waals surface area (Å²) < 4.78 is 27.0. The van der Waals surface area contributed by atoms with Gasteiger partial charge < -0.3 is 5.11 Å². The van der Waals surface area contributed by atoms with Crippen molar-refractivity contribution in [3.05, 3.63) is 29.3 Å². The summed E-state index contributed by atoms with van der Waals surface area (Å²) in [6.45, 7) is 3.66. The number of thioether (sulfide) groups is 1. The molecule has 0 spiro atoms. The van der Waals surface area contributed by atoms with Crippen LogP contribution in [0.1, 0.15) is 25.0 Å². The summed E-state index contributed by atoms with van der Waals surface area (Å²) >= 11 is 1.59. The van der Waals surface area contributed by atoms with Gasteiger partial charge in [-0.1, -0.05) is 13.0 Å². The molecule has 19 heavy (non-hydrogen) atoms. The number of hydrogen-bond acceptors (Lipinski definition) is 4. The monoisotopic (exact) mass is 303 g/mol. The molecule has 2 N–H and O–H groups in total. The Labute approximate surface area is 119 Å². The summed E-state index contributed by atoms with van der Waals surface area (Å²) in [6.07, 6.45) is 2.71. The zero-order valence-electron chi connectivity index (χ0n) is 11.5. The second-order valence-corrected chi connectivity index (χ2v) is 7.04. The Kier molecular flexibility index (Phi) is 6.32. The van der Waals surface area contributed by atoms with Gasteiger partial charge in [-0.15, -0.1) is 0 Å². The lowest BCUT2D eigenvalue weighted by Crippen LogP contribution is -2.34. The first kappa shape index (κ1) is 16.5. The summed E-state index contributed by atoms with van der Waals surface area (Å²) in [5, 5.41) is 9.29. The highest BCUT2D eigenvalue weighted by atomic mass is 32.2. The first-order valence-corrected chi connectivity index (χ1v) is 9.06. The van der Waals surface area contributed by atoms with Crippen LogP contribution in [0.5, 0.6) is 0 Å². The predicted octanol–water partition coefficient (Wildman–Crippen LogP) is 1.77. The molecule has 0 aliphatic rings. The van der Waals surface area contributed by atoms with E-state index in [-0.39, 0.29) is 17.5 Å². The molecular weight excluding hydrogens is 282 g/mol. The van der Waals surface area contributed by atoms with Crippen molar-refractivity contribution in [2.45, 2.75) is 37.8 Å². The van der Waals surface area contributed by atoms with Gasteiger partial charge in [0.25, 0.3) is 0 Å². The zero-order valence-corrected chi connectivity index (χ0v) is 13.1. The molecule has 0 radical (unpaired) electrons. The van der Waals surface area contributed by atoms with Gasteiger partial charge in [0.15, 0.2) is 0 Å². The van der Waals surface area contributed by atoms with Crippen LogP contribution in [0.25, 0.3) is 0 Å². The van der Waals surface area contributed by atoms with Crippen molar-refractivity contribution in [3.63, 3.8) is 0 Å². The second-order valence-electron chi connectivity index (χ2n) is 4.42. The van der Waals surface area contributed by atoms with Crippen LogP contribution < -0.4 is 4.72 Å². The summed E-state index contributed by atoms with van der Waals surface area (Å²) in [5.74, 6) is 0.721. The van der Waals surface area contributed by atoms with E-state index in [1.165, 1.54) is 0 Å². The normalized spacial score (nSPS) is 13.5. The van der Waals surface area contributed by atoms with Crippen LogP contribution in [-0.2, 0) is 23.1 Å². The molecule has 1 aromatic carbocycles. The van der Waals surface area contributed by atoms with Crippen LogP contribution >= 0.6 is 11.8 Å². The molecule has 0 amide bonds. The molecule has 1 unspecified atom stereocenters. The Morgan fingerprint density at radius 1 is 1.37 bits per heavy atom. The molecule has 0 fully saturated rings. The third kappa shape index (κ3) is 4.49. The fourth-order valence-corrected chi connectivity index (χ4v) is 3.86. The maximum atomic E-state index is 12.2. The van der Waals surface area contributed by atoms with Gasteiger partial charge in [0, 0.05) is 11.8 Å². The second kappa shape index (κ2) is 7.28. The number of benzene rings is 1. The van der Waals surface area contributed by atoms with Gasteiger partial charge in [-0.3, -0.25) is 0 Å². The Morgan fingerprint density at radius 3 is 2.58 bits per heavy atom. The smallest absolute Gasteiger partial charge is 0.240 e. The molecular formula is C13H21NO3S2. The average Bonchev–Trinajstić information content (AvgIpc) is 2.37. The Bertz CT molecular complexity index is 515.